The summed E-state index contributed by atoms with van der Waals surface area (Å²) in [5.74, 6) is 0.0478. The van der Waals surface area contributed by atoms with Crippen molar-refractivity contribution in [2.24, 2.45) is 7.05 Å². The summed E-state index contributed by atoms with van der Waals surface area (Å²) < 4.78 is 2.15. The van der Waals surface area contributed by atoms with Crippen LogP contribution < -0.4 is 10.9 Å². The molecule has 2 aromatic heterocycles. The number of fused-ring (bicyclic) bond motifs is 1. The molecule has 0 aliphatic rings. The van der Waals surface area contributed by atoms with Gasteiger partial charge < -0.3 is 5.32 Å². The number of nitrogens with zero attached hydrogens (tertiary/aromatic N) is 2. The first-order valence-electron chi connectivity index (χ1n) is 9.89. The number of rotatable bonds is 5. The maximum Gasteiger partial charge on any atom is 0.271 e. The Balaban J connectivity index is 1.59. The molecule has 0 saturated carbocycles. The predicted octanol–water partition coefficient (Wildman–Crippen LogP) is 5.32. The first-order chi connectivity index (χ1) is 14.8. The van der Waals surface area contributed by atoms with Gasteiger partial charge in [-0.3, -0.25) is 14.2 Å². The Hall–Kier alpha value is -2.90. The van der Waals surface area contributed by atoms with E-state index in [-0.39, 0.29) is 17.2 Å². The molecule has 7 heteroatoms. The van der Waals surface area contributed by atoms with Gasteiger partial charge in [-0.15, -0.1) is 11.3 Å². The minimum Gasteiger partial charge on any atom is -0.325 e. The van der Waals surface area contributed by atoms with E-state index in [1.165, 1.54) is 33.2 Å². The maximum atomic E-state index is 12.9. The zero-order chi connectivity index (χ0) is 22.1. The highest BCUT2D eigenvalue weighted by Gasteiger charge is 2.16. The fraction of sp³-hybridized carbons (Fsp3) is 0.208. The number of carbonyl (C=O) groups is 1. The molecule has 1 N–H and O–H groups in total. The number of thiophene rings is 1. The van der Waals surface area contributed by atoms with Gasteiger partial charge in [0, 0.05) is 23.7 Å². The quantitative estimate of drug-likeness (QED) is 0.331. The highest BCUT2D eigenvalue weighted by molar-refractivity contribution is 7.99. The third-order valence-corrected chi connectivity index (χ3v) is 7.10. The van der Waals surface area contributed by atoms with E-state index in [2.05, 4.69) is 17.4 Å². The Kier molecular flexibility index (Phi) is 5.98. The third-order valence-electron chi connectivity index (χ3n) is 5.12. The molecule has 4 aromatic rings. The molecule has 4 rings (SSSR count). The van der Waals surface area contributed by atoms with Gasteiger partial charge in [0.1, 0.15) is 4.70 Å². The van der Waals surface area contributed by atoms with Crippen molar-refractivity contribution in [3.8, 4) is 11.1 Å². The Morgan fingerprint density at radius 2 is 1.81 bits per heavy atom. The smallest absolute Gasteiger partial charge is 0.271 e. The SMILES string of the molecule is Cc1cc(C)c(NC(=O)CSc2nc3c(-c4ccccc4)csc3c(=O)n2C)c(C)c1. The van der Waals surface area contributed by atoms with Crippen LogP contribution in [0.1, 0.15) is 16.7 Å². The number of carbonyl (C=O) groups excluding carboxylic acids is 1. The maximum absolute atomic E-state index is 12.9. The third kappa shape index (κ3) is 4.29. The molecule has 0 atom stereocenters. The number of nitrogens with one attached hydrogen (secondary N) is 1. The molecule has 2 heterocycles. The normalized spacial score (nSPS) is 11.1. The van der Waals surface area contributed by atoms with Crippen molar-refractivity contribution in [3.05, 3.63) is 74.9 Å². The van der Waals surface area contributed by atoms with Crippen LogP contribution in [0.2, 0.25) is 0 Å². The van der Waals surface area contributed by atoms with Gasteiger partial charge in [-0.25, -0.2) is 4.98 Å². The molecule has 1 amide bonds. The molecule has 0 fully saturated rings. The summed E-state index contributed by atoms with van der Waals surface area (Å²) in [7, 11) is 1.70. The number of amides is 1. The van der Waals surface area contributed by atoms with E-state index in [0.29, 0.717) is 15.4 Å². The Labute approximate surface area is 189 Å². The second-order valence-corrected chi connectivity index (χ2v) is 9.38. The molecule has 2 aromatic carbocycles. The van der Waals surface area contributed by atoms with E-state index in [9.17, 15) is 9.59 Å². The highest BCUT2D eigenvalue weighted by Crippen LogP contribution is 2.32. The van der Waals surface area contributed by atoms with Crippen LogP contribution in [0.15, 0.2) is 57.8 Å². The Bertz CT molecular complexity index is 1320. The van der Waals surface area contributed by atoms with E-state index in [0.717, 1.165) is 27.9 Å². The van der Waals surface area contributed by atoms with E-state index >= 15 is 0 Å². The average molecular weight is 450 g/mol. The number of hydrogen-bond acceptors (Lipinski definition) is 5. The van der Waals surface area contributed by atoms with Crippen LogP contribution in [-0.4, -0.2) is 21.2 Å². The number of aromatic nitrogens is 2. The molecule has 5 nitrogen and oxygen atoms in total. The van der Waals surface area contributed by atoms with Gasteiger partial charge in [-0.05, 0) is 37.5 Å². The van der Waals surface area contributed by atoms with Crippen LogP contribution in [0, 0.1) is 20.8 Å². The van der Waals surface area contributed by atoms with Gasteiger partial charge in [-0.1, -0.05) is 59.8 Å². The Morgan fingerprint density at radius 3 is 2.48 bits per heavy atom. The van der Waals surface area contributed by atoms with E-state index < -0.39 is 0 Å². The number of aryl methyl sites for hydroxylation is 3. The Morgan fingerprint density at radius 1 is 1.13 bits per heavy atom. The zero-order valence-electron chi connectivity index (χ0n) is 17.9. The molecule has 0 spiro atoms. The minimum atomic E-state index is -0.122. The molecular formula is C24H23N3O2S2. The standard InChI is InChI=1S/C24H23N3O2S2/c1-14-10-15(2)20(16(3)11-14)25-19(28)13-31-24-26-21-18(17-8-6-5-7-9-17)12-30-22(21)23(29)27(24)4/h5-12H,13H2,1-4H3,(H,25,28). The molecule has 0 aliphatic heterocycles. The van der Waals surface area contributed by atoms with Crippen LogP contribution in [0.3, 0.4) is 0 Å². The largest absolute Gasteiger partial charge is 0.325 e. The topological polar surface area (TPSA) is 64.0 Å². The van der Waals surface area contributed by atoms with Crippen molar-refractivity contribution in [1.29, 1.82) is 0 Å². The summed E-state index contributed by atoms with van der Waals surface area (Å²) in [6, 6.07) is 14.0. The fourth-order valence-corrected chi connectivity index (χ4v) is 5.41. The minimum absolute atomic E-state index is 0.0923. The van der Waals surface area contributed by atoms with Crippen LogP contribution in [0.5, 0.6) is 0 Å². The molecule has 0 bridgehead atoms. The van der Waals surface area contributed by atoms with Gasteiger partial charge in [0.05, 0.1) is 11.3 Å². The molecule has 0 saturated heterocycles. The van der Waals surface area contributed by atoms with Crippen molar-refractivity contribution in [2.75, 3.05) is 11.1 Å². The first kappa shape index (κ1) is 21.3. The van der Waals surface area contributed by atoms with Crippen molar-refractivity contribution < 1.29 is 4.79 Å². The summed E-state index contributed by atoms with van der Waals surface area (Å²) in [5.41, 5.74) is 6.64. The van der Waals surface area contributed by atoms with Gasteiger partial charge >= 0.3 is 0 Å². The van der Waals surface area contributed by atoms with Crippen LogP contribution >= 0.6 is 23.1 Å². The average Bonchev–Trinajstić information content (AvgIpc) is 3.17. The lowest BCUT2D eigenvalue weighted by Crippen LogP contribution is -2.21. The number of thioether (sulfide) groups is 1. The van der Waals surface area contributed by atoms with Crippen molar-refractivity contribution >= 4 is 44.9 Å². The summed E-state index contributed by atoms with van der Waals surface area (Å²) >= 11 is 2.67. The van der Waals surface area contributed by atoms with Gasteiger partial charge in [-0.2, -0.15) is 0 Å². The van der Waals surface area contributed by atoms with E-state index in [1.807, 2.05) is 56.5 Å². The molecule has 31 heavy (non-hydrogen) atoms. The fourth-order valence-electron chi connectivity index (χ4n) is 3.66. The molecule has 0 unspecified atom stereocenters. The summed E-state index contributed by atoms with van der Waals surface area (Å²) in [4.78, 5) is 30.3. The van der Waals surface area contributed by atoms with Crippen molar-refractivity contribution in [2.45, 2.75) is 25.9 Å². The molecule has 0 radical (unpaired) electrons. The lowest BCUT2D eigenvalue weighted by molar-refractivity contribution is -0.113. The van der Waals surface area contributed by atoms with Crippen LogP contribution in [0.4, 0.5) is 5.69 Å². The van der Waals surface area contributed by atoms with Gasteiger partial charge in [0.25, 0.3) is 5.56 Å². The van der Waals surface area contributed by atoms with Gasteiger partial charge in [0.2, 0.25) is 5.91 Å². The van der Waals surface area contributed by atoms with Crippen molar-refractivity contribution in [3.63, 3.8) is 0 Å². The second-order valence-electron chi connectivity index (χ2n) is 7.56. The summed E-state index contributed by atoms with van der Waals surface area (Å²) in [6.45, 7) is 6.02. The van der Waals surface area contributed by atoms with E-state index in [4.69, 9.17) is 4.98 Å². The lowest BCUT2D eigenvalue weighted by atomic mass is 10.1. The van der Waals surface area contributed by atoms with Crippen LogP contribution in [0.25, 0.3) is 21.3 Å². The number of anilines is 1. The highest BCUT2D eigenvalue weighted by atomic mass is 32.2. The summed E-state index contributed by atoms with van der Waals surface area (Å²) in [5, 5.41) is 5.51. The predicted molar refractivity (Wildman–Crippen MR) is 130 cm³/mol. The van der Waals surface area contributed by atoms with Crippen LogP contribution in [-0.2, 0) is 11.8 Å². The number of hydrogen-bond donors (Lipinski definition) is 1. The van der Waals surface area contributed by atoms with Gasteiger partial charge in [0.15, 0.2) is 5.16 Å². The molecule has 0 aliphatic carbocycles. The summed E-state index contributed by atoms with van der Waals surface area (Å²) in [6.07, 6.45) is 0. The number of benzene rings is 2. The zero-order valence-corrected chi connectivity index (χ0v) is 19.5. The van der Waals surface area contributed by atoms with Crippen molar-refractivity contribution in [1.82, 2.24) is 9.55 Å². The molecule has 158 valence electrons. The second kappa shape index (κ2) is 8.69. The lowest BCUT2D eigenvalue weighted by Gasteiger charge is -2.13. The first-order valence-corrected chi connectivity index (χ1v) is 11.8. The van der Waals surface area contributed by atoms with E-state index in [1.54, 1.807) is 7.05 Å². The molecular weight excluding hydrogens is 426 g/mol. The monoisotopic (exact) mass is 449 g/mol.